The lowest BCUT2D eigenvalue weighted by molar-refractivity contribution is 0.0950. The van der Waals surface area contributed by atoms with E-state index in [1.165, 1.54) is 6.20 Å². The summed E-state index contributed by atoms with van der Waals surface area (Å²) in [7, 11) is 3.91. The van der Waals surface area contributed by atoms with Crippen LogP contribution in [0.25, 0.3) is 0 Å². The van der Waals surface area contributed by atoms with E-state index in [0.29, 0.717) is 22.9 Å². The second-order valence-corrected chi connectivity index (χ2v) is 4.55. The highest BCUT2D eigenvalue weighted by atomic mass is 35.5. The Morgan fingerprint density at radius 1 is 1.50 bits per heavy atom. The SMILES string of the molecule is CCNc1ncc(C(=O)NCCN(C)C)cc1Cl. The number of carbonyl (C=O) groups is 1. The Morgan fingerprint density at radius 2 is 2.22 bits per heavy atom. The van der Waals surface area contributed by atoms with Crippen molar-refractivity contribution in [2.75, 3.05) is 39.0 Å². The molecule has 1 rings (SSSR count). The lowest BCUT2D eigenvalue weighted by atomic mass is 10.2. The number of likely N-dealkylation sites (N-methyl/N-ethyl adjacent to an activating group) is 1. The summed E-state index contributed by atoms with van der Waals surface area (Å²) in [6.45, 7) is 4.09. The Morgan fingerprint density at radius 3 is 2.78 bits per heavy atom. The van der Waals surface area contributed by atoms with Gasteiger partial charge in [0.2, 0.25) is 0 Å². The van der Waals surface area contributed by atoms with Crippen LogP contribution in [0.2, 0.25) is 5.02 Å². The first-order valence-corrected chi connectivity index (χ1v) is 6.24. The number of nitrogens with zero attached hydrogens (tertiary/aromatic N) is 2. The van der Waals surface area contributed by atoms with Crippen LogP contribution < -0.4 is 10.6 Å². The lowest BCUT2D eigenvalue weighted by Gasteiger charge is -2.11. The highest BCUT2D eigenvalue weighted by molar-refractivity contribution is 6.33. The summed E-state index contributed by atoms with van der Waals surface area (Å²) in [6, 6.07) is 1.62. The molecule has 0 spiro atoms. The summed E-state index contributed by atoms with van der Waals surface area (Å²) < 4.78 is 0. The summed E-state index contributed by atoms with van der Waals surface area (Å²) in [5.74, 6) is 0.443. The maximum absolute atomic E-state index is 11.8. The first kappa shape index (κ1) is 14.7. The minimum atomic E-state index is -0.158. The summed E-state index contributed by atoms with van der Waals surface area (Å²) >= 11 is 6.02. The molecule has 0 unspecified atom stereocenters. The zero-order valence-corrected chi connectivity index (χ0v) is 11.7. The van der Waals surface area contributed by atoms with E-state index in [2.05, 4.69) is 15.6 Å². The van der Waals surface area contributed by atoms with E-state index in [1.807, 2.05) is 25.9 Å². The van der Waals surface area contributed by atoms with Gasteiger partial charge in [0.25, 0.3) is 5.91 Å². The maximum Gasteiger partial charge on any atom is 0.252 e. The number of aromatic nitrogens is 1. The topological polar surface area (TPSA) is 57.3 Å². The van der Waals surface area contributed by atoms with Crippen LogP contribution in [0.1, 0.15) is 17.3 Å². The van der Waals surface area contributed by atoms with E-state index in [1.54, 1.807) is 6.07 Å². The second kappa shape index (κ2) is 7.18. The van der Waals surface area contributed by atoms with Crippen LogP contribution in [0, 0.1) is 0 Å². The first-order valence-electron chi connectivity index (χ1n) is 5.87. The highest BCUT2D eigenvalue weighted by Gasteiger charge is 2.09. The third-order valence-corrected chi connectivity index (χ3v) is 2.58. The maximum atomic E-state index is 11.8. The molecule has 0 aromatic carbocycles. The quantitative estimate of drug-likeness (QED) is 0.822. The molecule has 1 heterocycles. The summed E-state index contributed by atoms with van der Waals surface area (Å²) in [5.41, 5.74) is 0.473. The molecule has 0 aliphatic rings. The Bertz CT molecular complexity index is 409. The van der Waals surface area contributed by atoms with E-state index < -0.39 is 0 Å². The number of carbonyl (C=O) groups excluding carboxylic acids is 1. The van der Waals surface area contributed by atoms with Crippen LogP contribution in [-0.2, 0) is 0 Å². The van der Waals surface area contributed by atoms with Gasteiger partial charge in [-0.15, -0.1) is 0 Å². The van der Waals surface area contributed by atoms with Gasteiger partial charge in [0.15, 0.2) is 0 Å². The standard InChI is InChI=1S/C12H19ClN4O/c1-4-14-11-10(13)7-9(8-16-11)12(18)15-5-6-17(2)3/h7-8H,4-6H2,1-3H3,(H,14,16)(H,15,18). The van der Waals surface area contributed by atoms with E-state index >= 15 is 0 Å². The van der Waals surface area contributed by atoms with Gasteiger partial charge >= 0.3 is 0 Å². The largest absolute Gasteiger partial charge is 0.369 e. The molecular formula is C12H19ClN4O. The van der Waals surface area contributed by atoms with E-state index in [4.69, 9.17) is 11.6 Å². The van der Waals surface area contributed by atoms with Crippen molar-refractivity contribution in [1.29, 1.82) is 0 Å². The van der Waals surface area contributed by atoms with Gasteiger partial charge in [-0.05, 0) is 27.1 Å². The van der Waals surface area contributed by atoms with Crippen LogP contribution in [-0.4, -0.2) is 49.5 Å². The van der Waals surface area contributed by atoms with Crippen molar-refractivity contribution in [2.24, 2.45) is 0 Å². The number of amides is 1. The summed E-state index contributed by atoms with van der Waals surface area (Å²) in [4.78, 5) is 17.9. The Hall–Kier alpha value is -1.33. The third-order valence-electron chi connectivity index (χ3n) is 2.29. The molecule has 0 aliphatic heterocycles. The van der Waals surface area contributed by atoms with Gasteiger partial charge < -0.3 is 15.5 Å². The smallest absolute Gasteiger partial charge is 0.252 e. The van der Waals surface area contributed by atoms with Crippen LogP contribution in [0.3, 0.4) is 0 Å². The number of anilines is 1. The van der Waals surface area contributed by atoms with Crippen molar-refractivity contribution in [3.63, 3.8) is 0 Å². The Labute approximate surface area is 113 Å². The normalized spacial score (nSPS) is 10.5. The number of halogens is 1. The molecule has 18 heavy (non-hydrogen) atoms. The molecule has 0 bridgehead atoms. The Balaban J connectivity index is 2.61. The van der Waals surface area contributed by atoms with Crippen LogP contribution >= 0.6 is 11.6 Å². The summed E-state index contributed by atoms with van der Waals surface area (Å²) in [5, 5.41) is 6.28. The van der Waals surface area contributed by atoms with E-state index in [0.717, 1.165) is 13.1 Å². The fraction of sp³-hybridized carbons (Fsp3) is 0.500. The number of rotatable bonds is 6. The zero-order chi connectivity index (χ0) is 13.5. The molecule has 2 N–H and O–H groups in total. The fourth-order valence-electron chi connectivity index (χ4n) is 1.35. The third kappa shape index (κ3) is 4.50. The number of hydrogen-bond donors (Lipinski definition) is 2. The fourth-order valence-corrected chi connectivity index (χ4v) is 1.59. The molecular weight excluding hydrogens is 252 g/mol. The molecule has 5 nitrogen and oxygen atoms in total. The van der Waals surface area contributed by atoms with E-state index in [9.17, 15) is 4.79 Å². The average Bonchev–Trinajstić information content (AvgIpc) is 2.31. The second-order valence-electron chi connectivity index (χ2n) is 4.14. The monoisotopic (exact) mass is 270 g/mol. The minimum absolute atomic E-state index is 0.158. The average molecular weight is 271 g/mol. The molecule has 0 fully saturated rings. The molecule has 1 aromatic heterocycles. The molecule has 0 aliphatic carbocycles. The van der Waals surface area contributed by atoms with Crippen molar-refractivity contribution in [1.82, 2.24) is 15.2 Å². The molecule has 1 amide bonds. The number of hydrogen-bond acceptors (Lipinski definition) is 4. The first-order chi connectivity index (χ1) is 8.54. The molecule has 0 atom stereocenters. The van der Waals surface area contributed by atoms with Gasteiger partial charge in [0.05, 0.1) is 10.6 Å². The van der Waals surface area contributed by atoms with E-state index in [-0.39, 0.29) is 5.91 Å². The lowest BCUT2D eigenvalue weighted by Crippen LogP contribution is -2.31. The van der Waals surface area contributed by atoms with Crippen molar-refractivity contribution >= 4 is 23.3 Å². The number of pyridine rings is 1. The van der Waals surface area contributed by atoms with Crippen LogP contribution in [0.4, 0.5) is 5.82 Å². The molecule has 0 radical (unpaired) electrons. The van der Waals surface area contributed by atoms with Crippen molar-refractivity contribution in [3.05, 3.63) is 22.8 Å². The van der Waals surface area contributed by atoms with Gasteiger partial charge in [0.1, 0.15) is 5.82 Å². The van der Waals surface area contributed by atoms with Gasteiger partial charge in [0, 0.05) is 25.8 Å². The minimum Gasteiger partial charge on any atom is -0.369 e. The number of nitrogens with one attached hydrogen (secondary N) is 2. The predicted octanol–water partition coefficient (Wildman–Crippen LogP) is 1.46. The van der Waals surface area contributed by atoms with Gasteiger partial charge in [-0.1, -0.05) is 11.6 Å². The highest BCUT2D eigenvalue weighted by Crippen LogP contribution is 2.19. The molecule has 100 valence electrons. The zero-order valence-electron chi connectivity index (χ0n) is 11.0. The molecule has 1 aromatic rings. The van der Waals surface area contributed by atoms with Crippen molar-refractivity contribution in [2.45, 2.75) is 6.92 Å². The van der Waals surface area contributed by atoms with Gasteiger partial charge in [-0.2, -0.15) is 0 Å². The van der Waals surface area contributed by atoms with Gasteiger partial charge in [-0.25, -0.2) is 4.98 Å². The van der Waals surface area contributed by atoms with Crippen molar-refractivity contribution in [3.8, 4) is 0 Å². The molecule has 0 saturated carbocycles. The molecule has 6 heteroatoms. The van der Waals surface area contributed by atoms with Crippen LogP contribution in [0.5, 0.6) is 0 Å². The van der Waals surface area contributed by atoms with Crippen LogP contribution in [0.15, 0.2) is 12.3 Å². The van der Waals surface area contributed by atoms with Crippen molar-refractivity contribution < 1.29 is 4.79 Å². The molecule has 0 saturated heterocycles. The van der Waals surface area contributed by atoms with Gasteiger partial charge in [-0.3, -0.25) is 4.79 Å². The predicted molar refractivity (Wildman–Crippen MR) is 74.3 cm³/mol. The summed E-state index contributed by atoms with van der Waals surface area (Å²) in [6.07, 6.45) is 1.52. The Kier molecular flexibility index (Phi) is 5.88.